The number of hydrogen-bond acceptors (Lipinski definition) is 3. The maximum absolute atomic E-state index is 6.78. The molecule has 0 atom stereocenters. The fourth-order valence-corrected chi connectivity index (χ4v) is 9.97. The molecule has 0 fully saturated rings. The maximum atomic E-state index is 6.78. The van der Waals surface area contributed by atoms with Crippen molar-refractivity contribution in [2.24, 2.45) is 0 Å². The van der Waals surface area contributed by atoms with E-state index in [1.54, 1.807) is 0 Å². The van der Waals surface area contributed by atoms with Crippen molar-refractivity contribution < 1.29 is 4.42 Å². The van der Waals surface area contributed by atoms with E-state index < -0.39 is 0 Å². The first-order chi connectivity index (χ1) is 26.2. The van der Waals surface area contributed by atoms with E-state index in [0.717, 1.165) is 39.0 Å². The van der Waals surface area contributed by atoms with E-state index in [1.165, 1.54) is 59.1 Å². The molecular weight excluding hydrogens is 663 g/mol. The molecule has 0 N–H and O–H groups in total. The van der Waals surface area contributed by atoms with Gasteiger partial charge in [0, 0.05) is 37.3 Å². The van der Waals surface area contributed by atoms with Gasteiger partial charge in [-0.25, -0.2) is 0 Å². The molecule has 1 aliphatic carbocycles. The zero-order chi connectivity index (χ0) is 35.1. The van der Waals surface area contributed by atoms with E-state index in [4.69, 9.17) is 4.42 Å². The number of fused-ring (bicyclic) bond motifs is 9. The van der Waals surface area contributed by atoms with Gasteiger partial charge in [0.15, 0.2) is 5.58 Å². The van der Waals surface area contributed by atoms with Crippen molar-refractivity contribution in [2.45, 2.75) is 12.3 Å². The quantitative estimate of drug-likeness (QED) is 0.178. The molecule has 8 aromatic carbocycles. The zero-order valence-electron chi connectivity index (χ0n) is 29.1. The molecule has 0 unspecified atom stereocenters. The number of benzene rings is 8. The van der Waals surface area contributed by atoms with Crippen LogP contribution in [0, 0.1) is 0 Å². The van der Waals surface area contributed by atoms with Crippen molar-refractivity contribution in [2.75, 3.05) is 4.90 Å². The lowest BCUT2D eigenvalue weighted by molar-refractivity contribution is 0.669. The molecule has 0 aliphatic heterocycles. The number of anilines is 3. The summed E-state index contributed by atoms with van der Waals surface area (Å²) in [4.78, 5) is 2.44. The number of thiophene rings is 1. The molecule has 0 radical (unpaired) electrons. The van der Waals surface area contributed by atoms with Gasteiger partial charge in [0.25, 0.3) is 0 Å². The summed E-state index contributed by atoms with van der Waals surface area (Å²) in [7, 11) is 0. The highest BCUT2D eigenvalue weighted by Crippen LogP contribution is 2.55. The highest BCUT2D eigenvalue weighted by atomic mass is 32.1. The van der Waals surface area contributed by atoms with Crippen molar-refractivity contribution in [3.8, 4) is 22.3 Å². The van der Waals surface area contributed by atoms with Crippen LogP contribution >= 0.6 is 11.3 Å². The Morgan fingerprint density at radius 1 is 0.491 bits per heavy atom. The molecule has 250 valence electrons. The van der Waals surface area contributed by atoms with Crippen molar-refractivity contribution in [1.82, 2.24) is 0 Å². The van der Waals surface area contributed by atoms with Gasteiger partial charge in [-0.3, -0.25) is 0 Å². The lowest BCUT2D eigenvalue weighted by Crippen LogP contribution is -2.23. The van der Waals surface area contributed by atoms with Crippen molar-refractivity contribution in [3.63, 3.8) is 0 Å². The van der Waals surface area contributed by atoms with Crippen molar-refractivity contribution in [1.29, 1.82) is 0 Å². The van der Waals surface area contributed by atoms with E-state index in [1.807, 2.05) is 17.4 Å². The molecule has 0 saturated heterocycles. The summed E-state index contributed by atoms with van der Waals surface area (Å²) < 4.78 is 9.30. The average Bonchev–Trinajstić information content (AvgIpc) is 3.88. The minimum Gasteiger partial charge on any atom is -0.454 e. The van der Waals surface area contributed by atoms with Gasteiger partial charge in [0.1, 0.15) is 5.58 Å². The standard InChI is InChI=1S/C50H33NOS/c1-50(42-21-9-5-16-36(42)37-17-6-10-22-43(37)50)34-30-41-39-19-8-12-25-47(39)53-49(41)45(31-34)51(35-28-26-33(27-29-35)32-14-3-2-4-15-32)44-23-13-20-40-38-18-7-11-24-46(38)52-48(40)44/h2-31H,1H3. The number of para-hydroxylation sites is 2. The number of furan rings is 1. The van der Waals surface area contributed by atoms with Crippen LogP contribution in [-0.4, -0.2) is 0 Å². The first kappa shape index (κ1) is 30.2. The van der Waals surface area contributed by atoms with E-state index in [9.17, 15) is 0 Å². The SMILES string of the molecule is CC1(c2cc(N(c3ccc(-c4ccccc4)cc3)c3cccc4c3oc3ccccc34)c3sc4ccccc4c3c2)c2ccccc2-c2ccccc21. The minimum atomic E-state index is -0.368. The van der Waals surface area contributed by atoms with Gasteiger partial charge in [-0.05, 0) is 88.3 Å². The summed E-state index contributed by atoms with van der Waals surface area (Å²) >= 11 is 1.87. The average molecular weight is 696 g/mol. The molecular formula is C50H33NOS. The first-order valence-corrected chi connectivity index (χ1v) is 19.0. The first-order valence-electron chi connectivity index (χ1n) is 18.2. The van der Waals surface area contributed by atoms with Crippen LogP contribution in [0.3, 0.4) is 0 Å². The van der Waals surface area contributed by atoms with Gasteiger partial charge >= 0.3 is 0 Å². The summed E-state index contributed by atoms with van der Waals surface area (Å²) in [5.41, 5.74) is 13.6. The Kier molecular flexibility index (Phi) is 6.58. The third-order valence-corrected chi connectivity index (χ3v) is 12.6. The third-order valence-electron chi connectivity index (χ3n) is 11.4. The Labute approximate surface area is 311 Å². The van der Waals surface area contributed by atoms with Crippen LogP contribution in [-0.2, 0) is 5.41 Å². The second kappa shape index (κ2) is 11.5. The summed E-state index contributed by atoms with van der Waals surface area (Å²) in [6.07, 6.45) is 0. The molecule has 3 heteroatoms. The zero-order valence-corrected chi connectivity index (χ0v) is 29.9. The van der Waals surface area contributed by atoms with E-state index in [0.29, 0.717) is 0 Å². The number of hydrogen-bond donors (Lipinski definition) is 0. The molecule has 1 aliphatic rings. The van der Waals surface area contributed by atoms with Crippen LogP contribution in [0.25, 0.3) is 64.4 Å². The normalized spacial score (nSPS) is 13.2. The largest absolute Gasteiger partial charge is 0.454 e. The van der Waals surface area contributed by atoms with Crippen LogP contribution in [0.1, 0.15) is 23.6 Å². The molecule has 2 nitrogen and oxygen atoms in total. The van der Waals surface area contributed by atoms with Gasteiger partial charge in [0.05, 0.1) is 16.1 Å². The van der Waals surface area contributed by atoms with Crippen LogP contribution in [0.15, 0.2) is 186 Å². The second-order valence-corrected chi connectivity index (χ2v) is 15.2. The highest BCUT2D eigenvalue weighted by Gasteiger charge is 2.41. The van der Waals surface area contributed by atoms with Gasteiger partial charge in [-0.1, -0.05) is 140 Å². The predicted molar refractivity (Wildman–Crippen MR) is 224 cm³/mol. The predicted octanol–water partition coefficient (Wildman–Crippen LogP) is 14.4. The molecule has 0 amide bonds. The Morgan fingerprint density at radius 2 is 1.11 bits per heavy atom. The molecule has 0 bridgehead atoms. The van der Waals surface area contributed by atoms with Crippen LogP contribution in [0.5, 0.6) is 0 Å². The molecule has 2 aromatic heterocycles. The van der Waals surface area contributed by atoms with Crippen LogP contribution in [0.4, 0.5) is 17.1 Å². The highest BCUT2D eigenvalue weighted by molar-refractivity contribution is 7.26. The Balaban J connectivity index is 1.24. The van der Waals surface area contributed by atoms with Gasteiger partial charge in [-0.2, -0.15) is 0 Å². The topological polar surface area (TPSA) is 16.4 Å². The molecule has 11 rings (SSSR count). The summed E-state index contributed by atoms with van der Waals surface area (Å²) in [5.74, 6) is 0. The van der Waals surface area contributed by atoms with Crippen LogP contribution < -0.4 is 4.90 Å². The minimum absolute atomic E-state index is 0.368. The molecule has 0 saturated carbocycles. The third kappa shape index (κ3) is 4.44. The summed E-state index contributed by atoms with van der Waals surface area (Å²) in [6, 6.07) is 66.2. The fourth-order valence-electron chi connectivity index (χ4n) is 8.78. The fraction of sp³-hybridized carbons (Fsp3) is 0.0400. The summed E-state index contributed by atoms with van der Waals surface area (Å²) in [6.45, 7) is 2.41. The van der Waals surface area contributed by atoms with Crippen LogP contribution in [0.2, 0.25) is 0 Å². The molecule has 2 heterocycles. The van der Waals surface area contributed by atoms with Gasteiger partial charge < -0.3 is 9.32 Å². The lowest BCUT2D eigenvalue weighted by atomic mass is 9.74. The number of nitrogens with zero attached hydrogens (tertiary/aromatic N) is 1. The maximum Gasteiger partial charge on any atom is 0.159 e. The second-order valence-electron chi connectivity index (χ2n) is 14.2. The van der Waals surface area contributed by atoms with Gasteiger partial charge in [-0.15, -0.1) is 11.3 Å². The Morgan fingerprint density at radius 3 is 1.89 bits per heavy atom. The Bertz CT molecular complexity index is 2980. The monoisotopic (exact) mass is 695 g/mol. The smallest absolute Gasteiger partial charge is 0.159 e. The molecule has 53 heavy (non-hydrogen) atoms. The summed E-state index contributed by atoms with van der Waals surface area (Å²) in [5, 5.41) is 4.78. The van der Waals surface area contributed by atoms with Crippen molar-refractivity contribution >= 4 is 70.5 Å². The van der Waals surface area contributed by atoms with E-state index >= 15 is 0 Å². The van der Waals surface area contributed by atoms with E-state index in [-0.39, 0.29) is 5.41 Å². The molecule has 10 aromatic rings. The lowest BCUT2D eigenvalue weighted by Gasteiger charge is -2.32. The Hall–Kier alpha value is -6.42. The van der Waals surface area contributed by atoms with Crippen molar-refractivity contribution in [3.05, 3.63) is 199 Å². The van der Waals surface area contributed by atoms with E-state index in [2.05, 4.69) is 188 Å². The van der Waals surface area contributed by atoms with Gasteiger partial charge in [0.2, 0.25) is 0 Å². The molecule has 0 spiro atoms. The number of rotatable bonds is 5.